The van der Waals surface area contributed by atoms with Crippen molar-refractivity contribution in [3.63, 3.8) is 0 Å². The molecule has 0 radical (unpaired) electrons. The van der Waals surface area contributed by atoms with Crippen molar-refractivity contribution >= 4 is 5.70 Å². The van der Waals surface area contributed by atoms with E-state index in [4.69, 9.17) is 9.47 Å². The molecule has 0 aliphatic carbocycles. The molecule has 7 heteroatoms. The van der Waals surface area contributed by atoms with Crippen molar-refractivity contribution < 1.29 is 22.6 Å². The van der Waals surface area contributed by atoms with E-state index in [2.05, 4.69) is 11.0 Å². The fourth-order valence-corrected chi connectivity index (χ4v) is 3.01. The van der Waals surface area contributed by atoms with Gasteiger partial charge in [0.2, 0.25) is 0 Å². The molecule has 0 aromatic heterocycles. The summed E-state index contributed by atoms with van der Waals surface area (Å²) >= 11 is 0. The van der Waals surface area contributed by atoms with E-state index in [1.54, 1.807) is 31.2 Å². The lowest BCUT2D eigenvalue weighted by Crippen LogP contribution is -2.68. The standard InChI is InChI=1S/C17H19F3N2O2/c1-2-24-15-12-14(13-6-4-3-5-7-13)21-16(15,17(18,19)20)22-8-10-23-11-9-22/h3-7,21H,2,8-11H2,1H3. The van der Waals surface area contributed by atoms with Crippen molar-refractivity contribution in [1.29, 1.82) is 0 Å². The highest BCUT2D eigenvalue weighted by molar-refractivity contribution is 5.68. The summed E-state index contributed by atoms with van der Waals surface area (Å²) in [5, 5.41) is 2.65. The van der Waals surface area contributed by atoms with Gasteiger partial charge >= 0.3 is 6.18 Å². The number of benzene rings is 1. The lowest BCUT2D eigenvalue weighted by Gasteiger charge is -2.45. The van der Waals surface area contributed by atoms with Crippen LogP contribution in [-0.2, 0) is 9.47 Å². The Labute approximate surface area is 138 Å². The van der Waals surface area contributed by atoms with Gasteiger partial charge in [0.15, 0.2) is 5.76 Å². The molecule has 1 saturated heterocycles. The molecule has 4 nitrogen and oxygen atoms in total. The highest BCUT2D eigenvalue weighted by Gasteiger charge is 2.65. The van der Waals surface area contributed by atoms with Gasteiger partial charge in [-0.15, -0.1) is 0 Å². The van der Waals surface area contributed by atoms with Crippen molar-refractivity contribution in [2.75, 3.05) is 32.9 Å². The second-order valence-electron chi connectivity index (χ2n) is 5.56. The first kappa shape index (κ1) is 16.9. The van der Waals surface area contributed by atoms with E-state index < -0.39 is 11.8 Å². The number of morpholine rings is 1. The summed E-state index contributed by atoms with van der Waals surface area (Å²) in [6, 6.07) is 8.84. The monoisotopic (exact) mass is 340 g/mol. The van der Waals surface area contributed by atoms with Crippen molar-refractivity contribution in [3.8, 4) is 0 Å². The number of nitrogens with one attached hydrogen (secondary N) is 1. The summed E-state index contributed by atoms with van der Waals surface area (Å²) in [6.07, 6.45) is -4.57. The van der Waals surface area contributed by atoms with Crippen LogP contribution in [0.15, 0.2) is 41.8 Å². The Morgan fingerprint density at radius 1 is 1.25 bits per heavy atom. The molecule has 2 heterocycles. The number of nitrogens with zero attached hydrogens (tertiary/aromatic N) is 1. The number of alkyl halides is 3. The van der Waals surface area contributed by atoms with E-state index in [9.17, 15) is 13.2 Å². The predicted octanol–water partition coefficient (Wildman–Crippen LogP) is 2.74. The van der Waals surface area contributed by atoms with Gasteiger partial charge in [0, 0.05) is 18.7 Å². The number of rotatable bonds is 4. The van der Waals surface area contributed by atoms with Gasteiger partial charge in [-0.05, 0) is 12.7 Å². The van der Waals surface area contributed by atoms with Gasteiger partial charge in [0.1, 0.15) is 0 Å². The summed E-state index contributed by atoms with van der Waals surface area (Å²) in [4.78, 5) is 1.32. The largest absolute Gasteiger partial charge is 0.486 e. The van der Waals surface area contributed by atoms with Crippen LogP contribution in [0.1, 0.15) is 12.5 Å². The van der Waals surface area contributed by atoms with E-state index in [1.807, 2.05) is 6.07 Å². The molecule has 2 aliphatic rings. The minimum absolute atomic E-state index is 0.133. The van der Waals surface area contributed by atoms with E-state index in [1.165, 1.54) is 4.90 Å². The van der Waals surface area contributed by atoms with Crippen LogP contribution in [0.5, 0.6) is 0 Å². The molecule has 1 aromatic rings. The summed E-state index contributed by atoms with van der Waals surface area (Å²) in [5.74, 6) is -0.238. The Hall–Kier alpha value is -1.95. The van der Waals surface area contributed by atoms with Gasteiger partial charge in [-0.1, -0.05) is 30.3 Å². The van der Waals surface area contributed by atoms with Crippen molar-refractivity contribution in [2.45, 2.75) is 18.8 Å². The van der Waals surface area contributed by atoms with Gasteiger partial charge in [-0.25, -0.2) is 0 Å². The normalized spacial score (nSPS) is 25.0. The molecule has 0 amide bonds. The van der Waals surface area contributed by atoms with Gasteiger partial charge in [-0.2, -0.15) is 13.2 Å². The summed E-state index contributed by atoms with van der Waals surface area (Å²) in [6.45, 7) is 2.61. The van der Waals surface area contributed by atoms with Crippen LogP contribution < -0.4 is 5.32 Å². The van der Waals surface area contributed by atoms with E-state index in [0.717, 1.165) is 0 Å². The molecular formula is C17H19F3N2O2. The molecule has 0 spiro atoms. The number of ether oxygens (including phenoxy) is 2. The van der Waals surface area contributed by atoms with Crippen LogP contribution in [0.3, 0.4) is 0 Å². The Morgan fingerprint density at radius 3 is 2.50 bits per heavy atom. The minimum Gasteiger partial charge on any atom is -0.486 e. The molecule has 1 unspecified atom stereocenters. The molecule has 130 valence electrons. The molecule has 2 aliphatic heterocycles. The average molecular weight is 340 g/mol. The van der Waals surface area contributed by atoms with Crippen LogP contribution in [0, 0.1) is 0 Å². The lowest BCUT2D eigenvalue weighted by molar-refractivity contribution is -0.243. The Morgan fingerprint density at radius 2 is 1.92 bits per heavy atom. The highest BCUT2D eigenvalue weighted by Crippen LogP contribution is 2.44. The van der Waals surface area contributed by atoms with E-state index in [0.29, 0.717) is 5.56 Å². The molecule has 1 atom stereocenters. The molecule has 1 aromatic carbocycles. The zero-order chi connectivity index (χ0) is 17.2. The second kappa shape index (κ2) is 6.51. The third kappa shape index (κ3) is 2.79. The maximum absolute atomic E-state index is 14.2. The van der Waals surface area contributed by atoms with E-state index >= 15 is 0 Å². The van der Waals surface area contributed by atoms with Crippen LogP contribution >= 0.6 is 0 Å². The average Bonchev–Trinajstić information content (AvgIpc) is 2.97. The number of halogens is 3. The third-order valence-corrected chi connectivity index (χ3v) is 4.12. The summed E-state index contributed by atoms with van der Waals surface area (Å²) < 4.78 is 53.1. The number of hydrogen-bond acceptors (Lipinski definition) is 4. The van der Waals surface area contributed by atoms with E-state index in [-0.39, 0.29) is 44.4 Å². The Balaban J connectivity index is 2.05. The minimum atomic E-state index is -4.57. The first-order valence-corrected chi connectivity index (χ1v) is 7.86. The van der Waals surface area contributed by atoms with Crippen LogP contribution in [0.4, 0.5) is 13.2 Å². The first-order valence-electron chi connectivity index (χ1n) is 7.86. The zero-order valence-electron chi connectivity index (χ0n) is 13.3. The van der Waals surface area contributed by atoms with Crippen molar-refractivity contribution in [3.05, 3.63) is 47.4 Å². The second-order valence-corrected chi connectivity index (χ2v) is 5.56. The van der Waals surface area contributed by atoms with Gasteiger partial charge < -0.3 is 14.8 Å². The quantitative estimate of drug-likeness (QED) is 0.855. The molecule has 3 rings (SSSR count). The number of hydrogen-bond donors (Lipinski definition) is 1. The van der Waals surface area contributed by atoms with Crippen LogP contribution in [0.25, 0.3) is 5.70 Å². The highest BCUT2D eigenvalue weighted by atomic mass is 19.4. The smallest absolute Gasteiger partial charge is 0.433 e. The maximum atomic E-state index is 14.2. The van der Waals surface area contributed by atoms with Crippen molar-refractivity contribution in [2.24, 2.45) is 0 Å². The Kier molecular flexibility index (Phi) is 4.58. The van der Waals surface area contributed by atoms with Crippen LogP contribution in [0.2, 0.25) is 0 Å². The molecule has 1 N–H and O–H groups in total. The van der Waals surface area contributed by atoms with Gasteiger partial charge in [0.05, 0.1) is 25.5 Å². The van der Waals surface area contributed by atoms with Crippen molar-refractivity contribution in [1.82, 2.24) is 10.2 Å². The maximum Gasteiger partial charge on any atom is 0.433 e. The summed E-state index contributed by atoms with van der Waals surface area (Å²) in [5.41, 5.74) is 1.31. The third-order valence-electron chi connectivity index (χ3n) is 4.12. The Bertz CT molecular complexity index is 648. The van der Waals surface area contributed by atoms with Gasteiger partial charge in [-0.3, -0.25) is 4.90 Å². The molecule has 24 heavy (non-hydrogen) atoms. The molecule has 1 fully saturated rings. The zero-order valence-corrected chi connectivity index (χ0v) is 13.3. The molecule has 0 bridgehead atoms. The SMILES string of the molecule is CCOC1=C=C(c2ccccc2)NC1(N1CCOCC1)C(F)(F)F. The summed E-state index contributed by atoms with van der Waals surface area (Å²) in [7, 11) is 0. The van der Waals surface area contributed by atoms with Gasteiger partial charge in [0.25, 0.3) is 5.66 Å². The van der Waals surface area contributed by atoms with Crippen LogP contribution in [-0.4, -0.2) is 49.6 Å². The molecular weight excluding hydrogens is 321 g/mol. The fraction of sp³-hybridized carbons (Fsp3) is 0.471. The predicted molar refractivity (Wildman–Crippen MR) is 82.8 cm³/mol. The molecule has 0 saturated carbocycles. The fourth-order valence-electron chi connectivity index (χ4n) is 3.01. The lowest BCUT2D eigenvalue weighted by atomic mass is 10.1. The topological polar surface area (TPSA) is 33.7 Å². The first-order chi connectivity index (χ1) is 11.5.